The number of benzene rings is 1. The van der Waals surface area contributed by atoms with E-state index in [1.165, 1.54) is 147 Å². The first kappa shape index (κ1) is 46.9. The summed E-state index contributed by atoms with van der Waals surface area (Å²) < 4.78 is 0. The summed E-state index contributed by atoms with van der Waals surface area (Å²) in [4.78, 5) is 47.8. The van der Waals surface area contributed by atoms with Gasteiger partial charge >= 0.3 is 11.9 Å². The maximum atomic E-state index is 13.2. The van der Waals surface area contributed by atoms with Crippen molar-refractivity contribution >= 4 is 17.7 Å². The van der Waals surface area contributed by atoms with Gasteiger partial charge in [0, 0.05) is 6.42 Å². The van der Waals surface area contributed by atoms with E-state index in [2.05, 4.69) is 46.8 Å². The number of carbonyl (C=O) groups excluding carboxylic acids is 3. The van der Waals surface area contributed by atoms with Crippen molar-refractivity contribution in [1.29, 1.82) is 0 Å². The summed E-state index contributed by atoms with van der Waals surface area (Å²) in [6.45, 7) is 11.0. The quantitative estimate of drug-likeness (QED) is 0.0314. The summed E-state index contributed by atoms with van der Waals surface area (Å²) in [5.41, 5.74) is 2.05. The highest BCUT2D eigenvalue weighted by Crippen LogP contribution is 2.29. The molecule has 1 unspecified atom stereocenters. The molecule has 51 heavy (non-hydrogen) atoms. The second-order valence-corrected chi connectivity index (χ2v) is 16.4. The molecule has 0 aromatic heterocycles. The lowest BCUT2D eigenvalue weighted by molar-refractivity contribution is -0.258. The average molecular weight is 713 g/mol. The molecule has 1 aromatic rings. The highest BCUT2D eigenvalue weighted by molar-refractivity contribution is 6.33. The zero-order valence-corrected chi connectivity index (χ0v) is 34.1. The van der Waals surface area contributed by atoms with Gasteiger partial charge in [-0.15, -0.1) is 0 Å². The van der Waals surface area contributed by atoms with Gasteiger partial charge < -0.3 is 0 Å². The summed E-state index contributed by atoms with van der Waals surface area (Å²) in [6.07, 6.45) is 35.8. The number of Topliss-reactive ketones (excluding diaryl/α,β-unsaturated/α-hetero) is 1. The normalized spacial score (nSPS) is 12.2. The smallest absolute Gasteiger partial charge is 0.287 e. The van der Waals surface area contributed by atoms with Gasteiger partial charge in [-0.25, -0.2) is 19.4 Å². The van der Waals surface area contributed by atoms with Gasteiger partial charge in [0.1, 0.15) is 0 Å². The lowest BCUT2D eigenvalue weighted by Gasteiger charge is -2.21. The van der Waals surface area contributed by atoms with E-state index in [1.807, 2.05) is 12.1 Å². The summed E-state index contributed by atoms with van der Waals surface area (Å²) in [5.74, 6) is -2.84. The van der Waals surface area contributed by atoms with Crippen molar-refractivity contribution in [3.63, 3.8) is 0 Å². The largest absolute Gasteiger partial charge is 0.421 e. The first-order valence-corrected chi connectivity index (χ1v) is 21.8. The lowest BCUT2D eigenvalue weighted by Crippen LogP contribution is -2.23. The fraction of sp³-hybridized carbons (Fsp3) is 0.804. The van der Waals surface area contributed by atoms with Crippen LogP contribution in [-0.2, 0) is 29.6 Å². The van der Waals surface area contributed by atoms with Crippen LogP contribution in [0.2, 0.25) is 0 Å². The van der Waals surface area contributed by atoms with Crippen LogP contribution in [0.15, 0.2) is 24.3 Å². The SMILES string of the molecule is CCCCCCCCCCCCCCCCC(=O)C(=O)OOC(=O)C(CCCCCCCCCCCCCCCC)c1ccc(C(C)(C)C)cc1. The molecule has 0 saturated heterocycles. The summed E-state index contributed by atoms with van der Waals surface area (Å²) >= 11 is 0. The predicted molar refractivity (Wildman–Crippen MR) is 215 cm³/mol. The minimum Gasteiger partial charge on any atom is -0.287 e. The molecule has 5 nitrogen and oxygen atoms in total. The highest BCUT2D eigenvalue weighted by Gasteiger charge is 2.26. The molecule has 1 rings (SSSR count). The second kappa shape index (κ2) is 31.4. The molecule has 294 valence electrons. The van der Waals surface area contributed by atoms with Crippen molar-refractivity contribution in [3.05, 3.63) is 35.4 Å². The third kappa shape index (κ3) is 25.4. The van der Waals surface area contributed by atoms with Gasteiger partial charge in [0.05, 0.1) is 5.92 Å². The fourth-order valence-electron chi connectivity index (χ4n) is 6.94. The molecule has 0 spiro atoms. The monoisotopic (exact) mass is 713 g/mol. The molecule has 1 atom stereocenters. The minimum atomic E-state index is -1.07. The van der Waals surface area contributed by atoms with Gasteiger partial charge in [0.25, 0.3) is 0 Å². The van der Waals surface area contributed by atoms with E-state index >= 15 is 0 Å². The zero-order valence-electron chi connectivity index (χ0n) is 34.1. The zero-order chi connectivity index (χ0) is 37.4. The van der Waals surface area contributed by atoms with Gasteiger partial charge in [0.2, 0.25) is 5.78 Å². The number of carbonyl (C=O) groups is 3. The third-order valence-corrected chi connectivity index (χ3v) is 10.5. The van der Waals surface area contributed by atoms with Crippen LogP contribution in [-0.4, -0.2) is 17.7 Å². The van der Waals surface area contributed by atoms with Crippen molar-refractivity contribution in [1.82, 2.24) is 0 Å². The molecule has 0 N–H and O–H groups in total. The number of hydrogen-bond donors (Lipinski definition) is 0. The van der Waals surface area contributed by atoms with Crippen LogP contribution in [0.3, 0.4) is 0 Å². The van der Waals surface area contributed by atoms with Crippen molar-refractivity contribution < 1.29 is 24.2 Å². The molecule has 0 bridgehead atoms. The molecule has 0 fully saturated rings. The molecule has 0 aliphatic rings. The van der Waals surface area contributed by atoms with E-state index in [4.69, 9.17) is 9.78 Å². The third-order valence-electron chi connectivity index (χ3n) is 10.5. The number of unbranched alkanes of at least 4 members (excludes halogenated alkanes) is 26. The van der Waals surface area contributed by atoms with Crippen molar-refractivity contribution in [2.45, 2.75) is 239 Å². The summed E-state index contributed by atoms with van der Waals surface area (Å²) in [6, 6.07) is 8.09. The van der Waals surface area contributed by atoms with E-state index in [0.717, 1.165) is 37.7 Å². The van der Waals surface area contributed by atoms with Gasteiger partial charge in [0.15, 0.2) is 0 Å². The summed E-state index contributed by atoms with van der Waals surface area (Å²) in [5, 5.41) is 0. The topological polar surface area (TPSA) is 69.7 Å². The van der Waals surface area contributed by atoms with E-state index in [1.54, 1.807) is 0 Å². The maximum Gasteiger partial charge on any atom is 0.421 e. The maximum absolute atomic E-state index is 13.2. The number of hydrogen-bond acceptors (Lipinski definition) is 5. The molecule has 0 amide bonds. The summed E-state index contributed by atoms with van der Waals surface area (Å²) in [7, 11) is 0. The Kier molecular flexibility index (Phi) is 28.8. The van der Waals surface area contributed by atoms with Crippen LogP contribution in [0.4, 0.5) is 0 Å². The van der Waals surface area contributed by atoms with Crippen LogP contribution in [0.5, 0.6) is 0 Å². The number of ketones is 1. The van der Waals surface area contributed by atoms with E-state index in [-0.39, 0.29) is 11.8 Å². The van der Waals surface area contributed by atoms with Crippen molar-refractivity contribution in [3.8, 4) is 0 Å². The van der Waals surface area contributed by atoms with Crippen LogP contribution in [0.25, 0.3) is 0 Å². The molecule has 1 aromatic carbocycles. The first-order valence-electron chi connectivity index (χ1n) is 21.8. The van der Waals surface area contributed by atoms with Crippen LogP contribution < -0.4 is 0 Å². The Labute approximate surface area is 315 Å². The molecular formula is C46H80O5. The molecule has 0 heterocycles. The molecule has 5 heteroatoms. The minimum absolute atomic E-state index is 0.00596. The van der Waals surface area contributed by atoms with Crippen LogP contribution in [0.1, 0.15) is 244 Å². The highest BCUT2D eigenvalue weighted by atomic mass is 17.2. The van der Waals surface area contributed by atoms with E-state index < -0.39 is 23.6 Å². The Balaban J connectivity index is 2.34. The molecule has 0 aliphatic heterocycles. The van der Waals surface area contributed by atoms with E-state index in [0.29, 0.717) is 12.8 Å². The Morgan fingerprint density at radius 3 is 1.22 bits per heavy atom. The van der Waals surface area contributed by atoms with E-state index in [9.17, 15) is 14.4 Å². The van der Waals surface area contributed by atoms with Crippen LogP contribution >= 0.6 is 0 Å². The molecule has 0 aliphatic carbocycles. The van der Waals surface area contributed by atoms with Gasteiger partial charge in [-0.2, -0.15) is 0 Å². The Morgan fingerprint density at radius 2 is 0.843 bits per heavy atom. The predicted octanol–water partition coefficient (Wildman–Crippen LogP) is 14.4. The van der Waals surface area contributed by atoms with Gasteiger partial charge in [-0.3, -0.25) is 4.79 Å². The molecular weight excluding hydrogens is 633 g/mol. The lowest BCUT2D eigenvalue weighted by atomic mass is 9.85. The van der Waals surface area contributed by atoms with Gasteiger partial charge in [-0.1, -0.05) is 232 Å². The fourth-order valence-corrected chi connectivity index (χ4v) is 6.94. The molecule has 0 radical (unpaired) electrons. The van der Waals surface area contributed by atoms with Gasteiger partial charge in [-0.05, 0) is 29.4 Å². The second-order valence-electron chi connectivity index (χ2n) is 16.4. The first-order chi connectivity index (χ1) is 24.7. The molecule has 0 saturated carbocycles. The number of rotatable bonds is 33. The van der Waals surface area contributed by atoms with Crippen molar-refractivity contribution in [2.75, 3.05) is 0 Å². The Bertz CT molecular complexity index is 992. The Morgan fingerprint density at radius 1 is 0.490 bits per heavy atom. The van der Waals surface area contributed by atoms with Crippen molar-refractivity contribution in [2.24, 2.45) is 0 Å². The Hall–Kier alpha value is -2.17. The average Bonchev–Trinajstić information content (AvgIpc) is 3.11. The standard InChI is InChI=1S/C46H80O5/c1-6-8-10-12-14-16-18-20-22-24-26-28-30-32-34-42(40-36-38-41(39-37-40)46(3,4)5)44(48)50-51-45(49)43(47)35-33-31-29-27-25-23-21-19-17-15-13-11-9-7-2/h36-39,42H,6-35H2,1-5H3. The van der Waals surface area contributed by atoms with Crippen LogP contribution in [0, 0.1) is 0 Å².